The molecule has 1 amide bonds. The van der Waals surface area contributed by atoms with Gasteiger partial charge in [-0.15, -0.1) is 0 Å². The number of benzene rings is 2. The van der Waals surface area contributed by atoms with Gasteiger partial charge in [-0.3, -0.25) is 14.6 Å². The van der Waals surface area contributed by atoms with Gasteiger partial charge >= 0.3 is 0 Å². The topological polar surface area (TPSA) is 89.3 Å². The quantitative estimate of drug-likeness (QED) is 0.398. The van der Waals surface area contributed by atoms with Crippen molar-refractivity contribution in [1.29, 1.82) is 0 Å². The Balaban J connectivity index is 1.45. The summed E-state index contributed by atoms with van der Waals surface area (Å²) < 4.78 is 22.1. The molecule has 2 aromatic carbocycles. The number of aromatic nitrogens is 1. The van der Waals surface area contributed by atoms with E-state index in [1.165, 1.54) is 11.8 Å². The first-order valence-electron chi connectivity index (χ1n) is 12.6. The second-order valence-corrected chi connectivity index (χ2v) is 9.01. The monoisotopic (exact) mass is 508 g/mol. The number of morpholine rings is 1. The second kappa shape index (κ2) is 13.2. The number of carbonyl (C=O) groups is 1. The molecule has 1 unspecified atom stereocenters. The Morgan fingerprint density at radius 2 is 1.89 bits per heavy atom. The van der Waals surface area contributed by atoms with Crippen LogP contribution in [-0.4, -0.2) is 74.3 Å². The molecule has 1 saturated heterocycles. The van der Waals surface area contributed by atoms with E-state index in [-0.39, 0.29) is 17.6 Å². The molecule has 2 heterocycles. The molecule has 4 rings (SSSR count). The Bertz CT molecular complexity index is 1130. The van der Waals surface area contributed by atoms with E-state index in [0.717, 1.165) is 49.9 Å². The normalized spacial score (nSPS) is 14.9. The number of carbonyl (C=O) groups excluding carboxylic acids is 1. The van der Waals surface area contributed by atoms with E-state index in [9.17, 15) is 4.79 Å². The van der Waals surface area contributed by atoms with E-state index >= 15 is 0 Å². The molecular weight excluding hydrogens is 472 g/mol. The van der Waals surface area contributed by atoms with Gasteiger partial charge in [0.15, 0.2) is 5.69 Å². The number of methoxy groups -OCH3 is 2. The molecule has 0 aliphatic carbocycles. The highest BCUT2D eigenvalue weighted by Crippen LogP contribution is 2.30. The number of amides is 1. The maximum absolute atomic E-state index is 12.7. The lowest BCUT2D eigenvalue weighted by molar-refractivity contribution is 0.0383. The highest BCUT2D eigenvalue weighted by Gasteiger charge is 2.22. The number of nitrogens with zero attached hydrogens (tertiary/aromatic N) is 3. The van der Waals surface area contributed by atoms with Crippen LogP contribution in [0.15, 0.2) is 59.2 Å². The fourth-order valence-corrected chi connectivity index (χ4v) is 4.38. The Labute approximate surface area is 218 Å². The van der Waals surface area contributed by atoms with Crippen LogP contribution in [0, 0.1) is 0 Å². The molecule has 1 aliphatic rings. The fourth-order valence-electron chi connectivity index (χ4n) is 4.38. The molecule has 9 heteroatoms. The van der Waals surface area contributed by atoms with Gasteiger partial charge in [0.2, 0.25) is 5.89 Å². The number of rotatable bonds is 12. The zero-order chi connectivity index (χ0) is 26.0. The van der Waals surface area contributed by atoms with Crippen molar-refractivity contribution < 1.29 is 23.4 Å². The summed E-state index contributed by atoms with van der Waals surface area (Å²) in [4.78, 5) is 21.7. The van der Waals surface area contributed by atoms with E-state index < -0.39 is 0 Å². The molecule has 1 N–H and O–H groups in total. The van der Waals surface area contributed by atoms with Crippen LogP contribution in [0.2, 0.25) is 0 Å². The maximum atomic E-state index is 12.7. The summed E-state index contributed by atoms with van der Waals surface area (Å²) in [5, 5.41) is 2.94. The zero-order valence-corrected chi connectivity index (χ0v) is 21.8. The third-order valence-corrected chi connectivity index (χ3v) is 6.64. The van der Waals surface area contributed by atoms with Gasteiger partial charge in [-0.1, -0.05) is 36.4 Å². The molecule has 198 valence electrons. The Kier molecular flexibility index (Phi) is 9.53. The van der Waals surface area contributed by atoms with E-state index in [4.69, 9.17) is 18.6 Å². The zero-order valence-electron chi connectivity index (χ0n) is 21.8. The minimum Gasteiger partial charge on any atom is -0.497 e. The fraction of sp³-hybridized carbons (Fsp3) is 0.429. The number of hydrogen-bond donors (Lipinski definition) is 1. The first kappa shape index (κ1) is 26.7. The van der Waals surface area contributed by atoms with Crippen molar-refractivity contribution in [2.45, 2.75) is 26.1 Å². The average Bonchev–Trinajstić information content (AvgIpc) is 3.42. The molecule has 0 bridgehead atoms. The molecular formula is C28H36N4O5. The summed E-state index contributed by atoms with van der Waals surface area (Å²) in [7, 11) is 3.29. The number of hydrogen-bond acceptors (Lipinski definition) is 8. The van der Waals surface area contributed by atoms with Gasteiger partial charge in [0.05, 0.1) is 34.0 Å². The summed E-state index contributed by atoms with van der Waals surface area (Å²) in [6.07, 6.45) is 1.43. The van der Waals surface area contributed by atoms with Crippen LogP contribution in [-0.2, 0) is 17.8 Å². The van der Waals surface area contributed by atoms with Crippen LogP contribution < -0.4 is 14.8 Å². The lowest BCUT2D eigenvalue weighted by Crippen LogP contribution is -2.41. The van der Waals surface area contributed by atoms with Crippen molar-refractivity contribution in [1.82, 2.24) is 20.1 Å². The molecule has 1 atom stereocenters. The minimum absolute atomic E-state index is 0.0608. The third-order valence-electron chi connectivity index (χ3n) is 6.64. The molecule has 37 heavy (non-hydrogen) atoms. The Hall–Kier alpha value is -3.40. The van der Waals surface area contributed by atoms with Crippen molar-refractivity contribution in [2.24, 2.45) is 0 Å². The molecule has 1 aliphatic heterocycles. The molecule has 0 spiro atoms. The lowest BCUT2D eigenvalue weighted by atomic mass is 10.1. The van der Waals surface area contributed by atoms with Crippen LogP contribution in [0.3, 0.4) is 0 Å². The highest BCUT2D eigenvalue weighted by molar-refractivity contribution is 5.91. The molecule has 0 saturated carbocycles. The van der Waals surface area contributed by atoms with Gasteiger partial charge < -0.3 is 23.9 Å². The van der Waals surface area contributed by atoms with Crippen molar-refractivity contribution in [2.75, 3.05) is 53.6 Å². The van der Waals surface area contributed by atoms with E-state index in [2.05, 4.69) is 39.2 Å². The predicted octanol–water partition coefficient (Wildman–Crippen LogP) is 3.52. The summed E-state index contributed by atoms with van der Waals surface area (Å²) in [5.41, 5.74) is 2.47. The van der Waals surface area contributed by atoms with Gasteiger partial charge in [0.25, 0.3) is 5.91 Å². The van der Waals surface area contributed by atoms with Crippen LogP contribution in [0.5, 0.6) is 11.5 Å². The Morgan fingerprint density at radius 1 is 1.11 bits per heavy atom. The van der Waals surface area contributed by atoms with Crippen LogP contribution >= 0.6 is 0 Å². The van der Waals surface area contributed by atoms with Crippen LogP contribution in [0.1, 0.15) is 40.5 Å². The number of ether oxygens (including phenoxy) is 3. The third kappa shape index (κ3) is 7.31. The Morgan fingerprint density at radius 3 is 2.62 bits per heavy atom. The average molecular weight is 509 g/mol. The van der Waals surface area contributed by atoms with Crippen molar-refractivity contribution >= 4 is 5.91 Å². The summed E-state index contributed by atoms with van der Waals surface area (Å²) in [6, 6.07) is 16.1. The lowest BCUT2D eigenvalue weighted by Gasteiger charge is -2.29. The van der Waals surface area contributed by atoms with Gasteiger partial charge in [0, 0.05) is 50.4 Å². The van der Waals surface area contributed by atoms with Crippen LogP contribution in [0.25, 0.3) is 0 Å². The predicted molar refractivity (Wildman–Crippen MR) is 140 cm³/mol. The largest absolute Gasteiger partial charge is 0.497 e. The van der Waals surface area contributed by atoms with E-state index in [1.54, 1.807) is 14.2 Å². The van der Waals surface area contributed by atoms with Crippen molar-refractivity contribution in [3.63, 3.8) is 0 Å². The summed E-state index contributed by atoms with van der Waals surface area (Å²) in [6.45, 7) is 7.74. The van der Waals surface area contributed by atoms with Gasteiger partial charge in [-0.2, -0.15) is 0 Å². The van der Waals surface area contributed by atoms with Crippen molar-refractivity contribution in [3.05, 3.63) is 77.5 Å². The van der Waals surface area contributed by atoms with E-state index in [0.29, 0.717) is 25.5 Å². The SMILES string of the molecule is COc1ccc(CN(Cc2nc(C(=O)NCCN3CCOCC3)co2)C(C)c2ccccc2)c(OC)c1. The van der Waals surface area contributed by atoms with Gasteiger partial charge in [-0.05, 0) is 18.6 Å². The van der Waals surface area contributed by atoms with Gasteiger partial charge in [-0.25, -0.2) is 4.98 Å². The molecule has 9 nitrogen and oxygen atoms in total. The first-order valence-corrected chi connectivity index (χ1v) is 12.6. The second-order valence-electron chi connectivity index (χ2n) is 9.01. The number of oxazole rings is 1. The van der Waals surface area contributed by atoms with Crippen LogP contribution in [0.4, 0.5) is 0 Å². The van der Waals surface area contributed by atoms with Crippen molar-refractivity contribution in [3.8, 4) is 11.5 Å². The minimum atomic E-state index is -0.234. The molecule has 3 aromatic rings. The van der Waals surface area contributed by atoms with Gasteiger partial charge in [0.1, 0.15) is 17.8 Å². The standard InChI is InChI=1S/C28H36N4O5/c1-21(22-7-5-4-6-8-22)32(18-23-9-10-24(34-2)17-26(23)35-3)19-27-30-25(20-37-27)28(33)29-11-12-31-13-15-36-16-14-31/h4-10,17,20-21H,11-16,18-19H2,1-3H3,(H,29,33). The highest BCUT2D eigenvalue weighted by atomic mass is 16.5. The molecule has 1 aromatic heterocycles. The van der Waals surface area contributed by atoms with E-state index in [1.807, 2.05) is 36.4 Å². The molecule has 0 radical (unpaired) electrons. The first-order chi connectivity index (χ1) is 18.1. The smallest absolute Gasteiger partial charge is 0.273 e. The maximum Gasteiger partial charge on any atom is 0.273 e. The molecule has 1 fully saturated rings. The number of nitrogens with one attached hydrogen (secondary N) is 1. The summed E-state index contributed by atoms with van der Waals surface area (Å²) in [5.74, 6) is 1.73. The summed E-state index contributed by atoms with van der Waals surface area (Å²) >= 11 is 0.